The molecule has 0 saturated carbocycles. The molecule has 0 radical (unpaired) electrons. The predicted molar refractivity (Wildman–Crippen MR) is 110 cm³/mol. The second-order valence-electron chi connectivity index (χ2n) is 7.52. The number of nitrogens with two attached hydrogens (primary N) is 1. The van der Waals surface area contributed by atoms with E-state index in [9.17, 15) is 4.79 Å². The fourth-order valence-electron chi connectivity index (χ4n) is 3.60. The number of amides is 1. The monoisotopic (exact) mass is 365 g/mol. The van der Waals surface area contributed by atoms with Gasteiger partial charge < -0.3 is 11.1 Å². The summed E-state index contributed by atoms with van der Waals surface area (Å²) in [4.78, 5) is 14.8. The van der Waals surface area contributed by atoms with E-state index in [0.29, 0.717) is 13.0 Å². The van der Waals surface area contributed by atoms with Crippen molar-refractivity contribution in [2.45, 2.75) is 51.2 Å². The van der Waals surface area contributed by atoms with Crippen LogP contribution in [0.3, 0.4) is 0 Å². The van der Waals surface area contributed by atoms with Gasteiger partial charge in [0.15, 0.2) is 0 Å². The normalized spacial score (nSPS) is 16.5. The minimum Gasteiger partial charge on any atom is -0.351 e. The average Bonchev–Trinajstić information content (AvgIpc) is 2.96. The van der Waals surface area contributed by atoms with Gasteiger partial charge in [0.2, 0.25) is 5.91 Å². The third-order valence-electron chi connectivity index (χ3n) is 5.23. The van der Waals surface area contributed by atoms with Crippen LogP contribution in [0, 0.1) is 0 Å². The average molecular weight is 366 g/mol. The summed E-state index contributed by atoms with van der Waals surface area (Å²) in [5.74, 6) is -0.104. The molecule has 4 heteroatoms. The lowest BCUT2D eigenvalue weighted by Gasteiger charge is -2.20. The highest BCUT2D eigenvalue weighted by Crippen LogP contribution is 2.14. The number of rotatable bonds is 7. The molecule has 1 unspecified atom stereocenters. The quantitative estimate of drug-likeness (QED) is 0.792. The zero-order valence-electron chi connectivity index (χ0n) is 16.1. The topological polar surface area (TPSA) is 58.4 Å². The molecule has 4 nitrogen and oxygen atoms in total. The van der Waals surface area contributed by atoms with Crippen LogP contribution in [-0.4, -0.2) is 29.9 Å². The Bertz CT molecular complexity index is 691. The summed E-state index contributed by atoms with van der Waals surface area (Å²) in [6.07, 6.45) is 5.91. The van der Waals surface area contributed by atoms with E-state index in [1.807, 2.05) is 30.3 Å². The van der Waals surface area contributed by atoms with Crippen LogP contribution in [-0.2, 0) is 24.3 Å². The molecular weight excluding hydrogens is 334 g/mol. The summed E-state index contributed by atoms with van der Waals surface area (Å²) in [5, 5.41) is 2.95. The number of carbonyl (C=O) groups is 1. The van der Waals surface area contributed by atoms with E-state index in [4.69, 9.17) is 5.73 Å². The number of benzene rings is 2. The van der Waals surface area contributed by atoms with Crippen molar-refractivity contribution in [3.63, 3.8) is 0 Å². The first kappa shape index (κ1) is 19.6. The van der Waals surface area contributed by atoms with Gasteiger partial charge in [-0.05, 0) is 49.0 Å². The zero-order chi connectivity index (χ0) is 18.9. The van der Waals surface area contributed by atoms with Gasteiger partial charge in [-0.3, -0.25) is 9.69 Å². The predicted octanol–water partition coefficient (Wildman–Crippen LogP) is 3.25. The van der Waals surface area contributed by atoms with Crippen LogP contribution in [0.25, 0.3) is 0 Å². The van der Waals surface area contributed by atoms with Gasteiger partial charge >= 0.3 is 0 Å². The van der Waals surface area contributed by atoms with E-state index in [1.165, 1.54) is 44.3 Å². The van der Waals surface area contributed by atoms with E-state index in [-0.39, 0.29) is 5.91 Å². The minimum absolute atomic E-state index is 0.104. The van der Waals surface area contributed by atoms with Gasteiger partial charge in [-0.25, -0.2) is 0 Å². The Morgan fingerprint density at radius 3 is 2.19 bits per heavy atom. The molecule has 144 valence electrons. The molecule has 1 amide bonds. The molecule has 2 aromatic rings. The van der Waals surface area contributed by atoms with Crippen LogP contribution >= 0.6 is 0 Å². The molecule has 2 aromatic carbocycles. The van der Waals surface area contributed by atoms with Crippen molar-refractivity contribution in [3.05, 3.63) is 71.3 Å². The van der Waals surface area contributed by atoms with Crippen LogP contribution in [0.1, 0.15) is 42.4 Å². The summed E-state index contributed by atoms with van der Waals surface area (Å²) in [7, 11) is 0. The molecule has 0 bridgehead atoms. The van der Waals surface area contributed by atoms with Crippen molar-refractivity contribution in [2.75, 3.05) is 13.1 Å². The fraction of sp³-hybridized carbons (Fsp3) is 0.435. The molecule has 0 aliphatic carbocycles. The highest BCUT2D eigenvalue weighted by atomic mass is 16.2. The summed E-state index contributed by atoms with van der Waals surface area (Å²) in [6.45, 7) is 3.95. The van der Waals surface area contributed by atoms with Crippen molar-refractivity contribution >= 4 is 5.91 Å². The molecule has 0 aromatic heterocycles. The van der Waals surface area contributed by atoms with Gasteiger partial charge in [-0.15, -0.1) is 0 Å². The van der Waals surface area contributed by atoms with Crippen molar-refractivity contribution < 1.29 is 4.79 Å². The summed E-state index contributed by atoms with van der Waals surface area (Å²) < 4.78 is 0. The Morgan fingerprint density at radius 1 is 0.889 bits per heavy atom. The van der Waals surface area contributed by atoms with Gasteiger partial charge in [-0.1, -0.05) is 67.4 Å². The van der Waals surface area contributed by atoms with Crippen molar-refractivity contribution in [1.82, 2.24) is 10.2 Å². The number of nitrogens with one attached hydrogen (secondary N) is 1. The van der Waals surface area contributed by atoms with Gasteiger partial charge in [0.25, 0.3) is 0 Å². The minimum atomic E-state index is -0.519. The molecule has 3 rings (SSSR count). The van der Waals surface area contributed by atoms with E-state index < -0.39 is 6.04 Å². The van der Waals surface area contributed by atoms with E-state index in [2.05, 4.69) is 34.5 Å². The SMILES string of the molecule is NC(Cc1ccccc1)C(=O)NCc1ccc(CN2CCCCCC2)cc1. The van der Waals surface area contributed by atoms with E-state index in [1.54, 1.807) is 0 Å². The maximum atomic E-state index is 12.2. The molecule has 1 heterocycles. The number of carbonyl (C=O) groups excluding carboxylic acids is 1. The highest BCUT2D eigenvalue weighted by Gasteiger charge is 2.14. The molecule has 1 aliphatic rings. The number of hydrogen-bond acceptors (Lipinski definition) is 3. The van der Waals surface area contributed by atoms with Gasteiger partial charge in [0, 0.05) is 13.1 Å². The lowest BCUT2D eigenvalue weighted by Crippen LogP contribution is -2.41. The van der Waals surface area contributed by atoms with Crippen LogP contribution in [0.2, 0.25) is 0 Å². The summed E-state index contributed by atoms with van der Waals surface area (Å²) >= 11 is 0. The molecule has 1 aliphatic heterocycles. The Kier molecular flexibility index (Phi) is 7.43. The maximum Gasteiger partial charge on any atom is 0.237 e. The Labute approximate surface area is 162 Å². The maximum absolute atomic E-state index is 12.2. The standard InChI is InChI=1S/C23H31N3O/c24-22(16-19-8-4-3-5-9-19)23(27)25-17-20-10-12-21(13-11-20)18-26-14-6-1-2-7-15-26/h3-5,8-13,22H,1-2,6-7,14-18,24H2,(H,25,27). The first-order chi connectivity index (χ1) is 13.2. The summed E-state index contributed by atoms with van der Waals surface area (Å²) in [5.41, 5.74) is 9.57. The lowest BCUT2D eigenvalue weighted by atomic mass is 10.1. The van der Waals surface area contributed by atoms with Crippen LogP contribution in [0.5, 0.6) is 0 Å². The van der Waals surface area contributed by atoms with Gasteiger partial charge in [0.05, 0.1) is 6.04 Å². The largest absolute Gasteiger partial charge is 0.351 e. The third kappa shape index (κ3) is 6.49. The third-order valence-corrected chi connectivity index (χ3v) is 5.23. The van der Waals surface area contributed by atoms with Gasteiger partial charge in [-0.2, -0.15) is 0 Å². The smallest absolute Gasteiger partial charge is 0.237 e. The van der Waals surface area contributed by atoms with Crippen molar-refractivity contribution in [1.29, 1.82) is 0 Å². The van der Waals surface area contributed by atoms with E-state index >= 15 is 0 Å². The summed E-state index contributed by atoms with van der Waals surface area (Å²) in [6, 6.07) is 17.9. The van der Waals surface area contributed by atoms with Crippen LogP contribution < -0.4 is 11.1 Å². The molecule has 1 atom stereocenters. The number of nitrogens with zero attached hydrogens (tertiary/aromatic N) is 1. The Hall–Kier alpha value is -2.17. The highest BCUT2D eigenvalue weighted by molar-refractivity contribution is 5.81. The van der Waals surface area contributed by atoms with Crippen molar-refractivity contribution in [3.8, 4) is 0 Å². The molecule has 3 N–H and O–H groups in total. The van der Waals surface area contributed by atoms with Crippen LogP contribution in [0.15, 0.2) is 54.6 Å². The molecule has 0 spiro atoms. The second-order valence-corrected chi connectivity index (χ2v) is 7.52. The van der Waals surface area contributed by atoms with E-state index in [0.717, 1.165) is 17.7 Å². The first-order valence-electron chi connectivity index (χ1n) is 10.1. The molecule has 1 saturated heterocycles. The first-order valence-corrected chi connectivity index (χ1v) is 10.1. The van der Waals surface area contributed by atoms with Gasteiger partial charge in [0.1, 0.15) is 0 Å². The second kappa shape index (κ2) is 10.2. The van der Waals surface area contributed by atoms with Crippen LogP contribution in [0.4, 0.5) is 0 Å². The fourth-order valence-corrected chi connectivity index (χ4v) is 3.60. The van der Waals surface area contributed by atoms with Crippen molar-refractivity contribution in [2.24, 2.45) is 5.73 Å². The Balaban J connectivity index is 1.44. The lowest BCUT2D eigenvalue weighted by molar-refractivity contribution is -0.122. The zero-order valence-corrected chi connectivity index (χ0v) is 16.1. The molecule has 1 fully saturated rings. The molecule has 27 heavy (non-hydrogen) atoms. The Morgan fingerprint density at radius 2 is 1.52 bits per heavy atom. The number of hydrogen-bond donors (Lipinski definition) is 2. The molecular formula is C23H31N3O. The number of likely N-dealkylation sites (tertiary alicyclic amines) is 1.